The highest BCUT2D eigenvalue weighted by Gasteiger charge is 2.14. The predicted molar refractivity (Wildman–Crippen MR) is 83.4 cm³/mol. The molecular formula is C15H12Cl2N4. The fourth-order valence-corrected chi connectivity index (χ4v) is 2.49. The van der Waals surface area contributed by atoms with E-state index in [0.29, 0.717) is 22.4 Å². The first kappa shape index (κ1) is 14.0. The van der Waals surface area contributed by atoms with E-state index in [9.17, 15) is 0 Å². The van der Waals surface area contributed by atoms with Crippen molar-refractivity contribution < 1.29 is 0 Å². The van der Waals surface area contributed by atoms with Gasteiger partial charge in [-0.3, -0.25) is 0 Å². The van der Waals surface area contributed by atoms with Crippen LogP contribution in [-0.2, 0) is 13.0 Å². The molecule has 21 heavy (non-hydrogen) atoms. The van der Waals surface area contributed by atoms with Crippen LogP contribution in [0.15, 0.2) is 48.5 Å². The first-order valence-electron chi connectivity index (χ1n) is 6.50. The standard InChI is InChI=1S/C15H12Cl2N4/c16-13-8-4-7-12(14(13)17)15-18-19-20-21(15)10-9-11-5-2-1-3-6-11/h1-8H,9-10H2. The summed E-state index contributed by atoms with van der Waals surface area (Å²) in [6.45, 7) is 0.676. The summed E-state index contributed by atoms with van der Waals surface area (Å²) in [7, 11) is 0. The van der Waals surface area contributed by atoms with E-state index in [1.165, 1.54) is 5.56 Å². The summed E-state index contributed by atoms with van der Waals surface area (Å²) in [6, 6.07) is 15.6. The van der Waals surface area contributed by atoms with Crippen LogP contribution in [0.5, 0.6) is 0 Å². The van der Waals surface area contributed by atoms with Gasteiger partial charge in [0.2, 0.25) is 0 Å². The molecule has 0 bridgehead atoms. The highest BCUT2D eigenvalue weighted by Crippen LogP contribution is 2.31. The van der Waals surface area contributed by atoms with Crippen LogP contribution in [0.4, 0.5) is 0 Å². The number of rotatable bonds is 4. The topological polar surface area (TPSA) is 43.6 Å². The van der Waals surface area contributed by atoms with Gasteiger partial charge in [-0.25, -0.2) is 4.68 Å². The van der Waals surface area contributed by atoms with Gasteiger partial charge in [0.15, 0.2) is 5.82 Å². The van der Waals surface area contributed by atoms with Crippen LogP contribution in [0.3, 0.4) is 0 Å². The lowest BCUT2D eigenvalue weighted by Crippen LogP contribution is -2.06. The Hall–Kier alpha value is -1.91. The lowest BCUT2D eigenvalue weighted by molar-refractivity contribution is 0.594. The minimum atomic E-state index is 0.468. The summed E-state index contributed by atoms with van der Waals surface area (Å²) in [5, 5.41) is 12.8. The van der Waals surface area contributed by atoms with Gasteiger partial charge in [0.05, 0.1) is 10.0 Å². The Morgan fingerprint density at radius 2 is 1.76 bits per heavy atom. The van der Waals surface area contributed by atoms with Gasteiger partial charge in [-0.1, -0.05) is 59.6 Å². The van der Waals surface area contributed by atoms with Crippen molar-refractivity contribution in [1.82, 2.24) is 20.2 Å². The van der Waals surface area contributed by atoms with Crippen molar-refractivity contribution in [2.24, 2.45) is 0 Å². The molecule has 0 radical (unpaired) electrons. The SMILES string of the molecule is Clc1cccc(-c2nnnn2CCc2ccccc2)c1Cl. The number of aromatic nitrogens is 4. The van der Waals surface area contributed by atoms with Crippen molar-refractivity contribution >= 4 is 23.2 Å². The van der Waals surface area contributed by atoms with Gasteiger partial charge in [0.25, 0.3) is 0 Å². The lowest BCUT2D eigenvalue weighted by atomic mass is 10.1. The summed E-state index contributed by atoms with van der Waals surface area (Å²) in [4.78, 5) is 0. The van der Waals surface area contributed by atoms with Crippen LogP contribution < -0.4 is 0 Å². The lowest BCUT2D eigenvalue weighted by Gasteiger charge is -2.07. The normalized spacial score (nSPS) is 10.8. The molecule has 0 aliphatic rings. The highest BCUT2D eigenvalue weighted by molar-refractivity contribution is 6.43. The van der Waals surface area contributed by atoms with Gasteiger partial charge < -0.3 is 0 Å². The quantitative estimate of drug-likeness (QED) is 0.733. The third kappa shape index (κ3) is 3.06. The number of benzene rings is 2. The summed E-state index contributed by atoms with van der Waals surface area (Å²) in [5.41, 5.74) is 1.97. The van der Waals surface area contributed by atoms with E-state index in [0.717, 1.165) is 12.0 Å². The molecule has 0 spiro atoms. The second-order valence-corrected chi connectivity index (χ2v) is 5.35. The van der Waals surface area contributed by atoms with Crippen LogP contribution in [0.25, 0.3) is 11.4 Å². The van der Waals surface area contributed by atoms with E-state index < -0.39 is 0 Å². The van der Waals surface area contributed by atoms with Crippen LogP contribution in [-0.4, -0.2) is 20.2 Å². The Balaban J connectivity index is 1.86. The minimum absolute atomic E-state index is 0.468. The van der Waals surface area contributed by atoms with Crippen molar-refractivity contribution in [3.8, 4) is 11.4 Å². The molecule has 0 unspecified atom stereocenters. The van der Waals surface area contributed by atoms with E-state index in [4.69, 9.17) is 23.2 Å². The van der Waals surface area contributed by atoms with Gasteiger partial charge in [0.1, 0.15) is 0 Å². The van der Waals surface area contributed by atoms with E-state index in [1.807, 2.05) is 30.3 Å². The molecule has 0 saturated heterocycles. The first-order valence-corrected chi connectivity index (χ1v) is 7.26. The summed E-state index contributed by atoms with van der Waals surface area (Å²) < 4.78 is 1.74. The fourth-order valence-electron chi connectivity index (χ4n) is 2.10. The third-order valence-electron chi connectivity index (χ3n) is 3.18. The number of hydrogen-bond acceptors (Lipinski definition) is 3. The van der Waals surface area contributed by atoms with E-state index in [1.54, 1.807) is 10.7 Å². The summed E-state index contributed by atoms with van der Waals surface area (Å²) >= 11 is 12.3. The van der Waals surface area contributed by atoms with Gasteiger partial charge in [-0.2, -0.15) is 0 Å². The molecule has 0 aliphatic heterocycles. The molecule has 2 aromatic carbocycles. The molecule has 0 fully saturated rings. The molecule has 106 valence electrons. The monoisotopic (exact) mass is 318 g/mol. The van der Waals surface area contributed by atoms with Crippen LogP contribution in [0.2, 0.25) is 10.0 Å². The summed E-state index contributed by atoms with van der Waals surface area (Å²) in [5.74, 6) is 0.624. The van der Waals surface area contributed by atoms with Gasteiger partial charge >= 0.3 is 0 Å². The van der Waals surface area contributed by atoms with Crippen molar-refractivity contribution in [2.75, 3.05) is 0 Å². The van der Waals surface area contributed by atoms with Crippen LogP contribution >= 0.6 is 23.2 Å². The third-order valence-corrected chi connectivity index (χ3v) is 4.00. The maximum Gasteiger partial charge on any atom is 0.183 e. The van der Waals surface area contributed by atoms with Crippen LogP contribution in [0.1, 0.15) is 5.56 Å². The molecule has 0 saturated carbocycles. The molecule has 4 nitrogen and oxygen atoms in total. The molecule has 1 heterocycles. The minimum Gasteiger partial charge on any atom is -0.225 e. The number of nitrogens with zero attached hydrogens (tertiary/aromatic N) is 4. The van der Waals surface area contributed by atoms with E-state index in [2.05, 4.69) is 27.7 Å². The Morgan fingerprint density at radius 3 is 2.57 bits per heavy atom. The van der Waals surface area contributed by atoms with Gasteiger partial charge in [-0.15, -0.1) is 5.10 Å². The Morgan fingerprint density at radius 1 is 0.952 bits per heavy atom. The molecule has 6 heteroatoms. The second-order valence-electron chi connectivity index (χ2n) is 4.56. The first-order chi connectivity index (χ1) is 10.3. The van der Waals surface area contributed by atoms with Crippen molar-refractivity contribution in [2.45, 2.75) is 13.0 Å². The van der Waals surface area contributed by atoms with Crippen molar-refractivity contribution in [3.05, 3.63) is 64.1 Å². The fraction of sp³-hybridized carbons (Fsp3) is 0.133. The zero-order chi connectivity index (χ0) is 14.7. The molecule has 0 atom stereocenters. The number of aryl methyl sites for hydroxylation is 2. The summed E-state index contributed by atoms with van der Waals surface area (Å²) in [6.07, 6.45) is 0.844. The average Bonchev–Trinajstić information content (AvgIpc) is 2.97. The molecular weight excluding hydrogens is 307 g/mol. The Bertz CT molecular complexity index is 740. The van der Waals surface area contributed by atoms with Gasteiger partial charge in [-0.05, 0) is 34.5 Å². The largest absolute Gasteiger partial charge is 0.225 e. The van der Waals surface area contributed by atoms with Crippen molar-refractivity contribution in [3.63, 3.8) is 0 Å². The Kier molecular flexibility index (Phi) is 4.18. The maximum absolute atomic E-state index is 6.23. The van der Waals surface area contributed by atoms with E-state index >= 15 is 0 Å². The zero-order valence-electron chi connectivity index (χ0n) is 11.1. The average molecular weight is 319 g/mol. The van der Waals surface area contributed by atoms with E-state index in [-0.39, 0.29) is 0 Å². The van der Waals surface area contributed by atoms with Crippen LogP contribution in [0, 0.1) is 0 Å². The number of halogens is 2. The molecule has 1 aromatic heterocycles. The highest BCUT2D eigenvalue weighted by atomic mass is 35.5. The molecule has 0 amide bonds. The maximum atomic E-state index is 6.23. The molecule has 0 aliphatic carbocycles. The van der Waals surface area contributed by atoms with Gasteiger partial charge in [0, 0.05) is 12.1 Å². The molecule has 3 rings (SSSR count). The predicted octanol–water partition coefficient (Wildman–Crippen LogP) is 3.89. The van der Waals surface area contributed by atoms with Crippen molar-refractivity contribution in [1.29, 1.82) is 0 Å². The zero-order valence-corrected chi connectivity index (χ0v) is 12.6. The molecule has 3 aromatic rings. The smallest absolute Gasteiger partial charge is 0.183 e. The number of hydrogen-bond donors (Lipinski definition) is 0. The Labute approximate surface area is 132 Å². The second kappa shape index (κ2) is 6.24. The molecule has 0 N–H and O–H groups in total. The number of tetrazole rings is 1.